The van der Waals surface area contributed by atoms with Crippen molar-refractivity contribution in [1.82, 2.24) is 9.80 Å². The average Bonchev–Trinajstić information content (AvgIpc) is 2.57. The summed E-state index contributed by atoms with van der Waals surface area (Å²) in [5.41, 5.74) is 0.711. The van der Waals surface area contributed by atoms with E-state index in [1.807, 2.05) is 31.3 Å². The van der Waals surface area contributed by atoms with E-state index < -0.39 is 0 Å². The minimum Gasteiger partial charge on any atom is -0.335 e. The maximum Gasteiger partial charge on any atom is 0.244 e. The molecule has 0 spiro atoms. The van der Waals surface area contributed by atoms with Crippen molar-refractivity contribution >= 4 is 33.4 Å². The third-order valence-corrected chi connectivity index (χ3v) is 5.23. The fraction of sp³-hybridized carbons (Fsp3) is 0.556. The highest BCUT2D eigenvalue weighted by Crippen LogP contribution is 2.22. The van der Waals surface area contributed by atoms with Crippen LogP contribution in [0, 0.1) is 0 Å². The molecule has 0 saturated heterocycles. The summed E-state index contributed by atoms with van der Waals surface area (Å²) in [7, 11) is 3.68. The molecule has 1 aromatic rings. The van der Waals surface area contributed by atoms with Gasteiger partial charge in [0.25, 0.3) is 0 Å². The Balaban J connectivity index is 1.80. The van der Waals surface area contributed by atoms with Gasteiger partial charge in [0, 0.05) is 17.6 Å². The molecule has 0 aliphatic heterocycles. The fourth-order valence-corrected chi connectivity index (χ4v) is 3.42. The lowest BCUT2D eigenvalue weighted by atomic mass is 9.94. The second kappa shape index (κ2) is 9.18. The normalized spacial score (nSPS) is 15.3. The second-order valence-corrected chi connectivity index (χ2v) is 7.34. The summed E-state index contributed by atoms with van der Waals surface area (Å²) in [6.07, 6.45) is 6.11. The van der Waals surface area contributed by atoms with Crippen molar-refractivity contribution < 1.29 is 9.59 Å². The van der Waals surface area contributed by atoms with E-state index in [1.165, 1.54) is 24.2 Å². The summed E-state index contributed by atoms with van der Waals surface area (Å²) in [5.74, 6) is -0.219. The van der Waals surface area contributed by atoms with E-state index in [9.17, 15) is 9.59 Å². The zero-order valence-electron chi connectivity index (χ0n) is 14.4. The number of hydrogen-bond donors (Lipinski definition) is 1. The predicted molar refractivity (Wildman–Crippen MR) is 99.9 cm³/mol. The lowest BCUT2D eigenvalue weighted by molar-refractivity contribution is -0.134. The Labute approximate surface area is 152 Å². The Morgan fingerprint density at radius 2 is 1.79 bits per heavy atom. The maximum atomic E-state index is 12.3. The SMILES string of the molecule is CN(CC(=O)Nc1ccccc1Br)C(=O)CN(C)C1CCCCC1. The highest BCUT2D eigenvalue weighted by Gasteiger charge is 2.22. The van der Waals surface area contributed by atoms with Gasteiger partial charge >= 0.3 is 0 Å². The number of carbonyl (C=O) groups is 2. The monoisotopic (exact) mass is 395 g/mol. The van der Waals surface area contributed by atoms with Gasteiger partial charge in [-0.05, 0) is 48.0 Å². The third kappa shape index (κ3) is 5.60. The predicted octanol–water partition coefficient (Wildman–Crippen LogP) is 3.11. The number of nitrogens with zero attached hydrogens (tertiary/aromatic N) is 2. The summed E-state index contributed by atoms with van der Waals surface area (Å²) >= 11 is 3.39. The van der Waals surface area contributed by atoms with E-state index in [-0.39, 0.29) is 18.4 Å². The average molecular weight is 396 g/mol. The Bertz CT molecular complexity index is 573. The topological polar surface area (TPSA) is 52.7 Å². The molecular formula is C18H26BrN3O2. The van der Waals surface area contributed by atoms with Gasteiger partial charge in [0.05, 0.1) is 18.8 Å². The van der Waals surface area contributed by atoms with Gasteiger partial charge in [0.1, 0.15) is 0 Å². The number of anilines is 1. The molecule has 0 unspecified atom stereocenters. The van der Waals surface area contributed by atoms with Crippen LogP contribution in [0.5, 0.6) is 0 Å². The Hall–Kier alpha value is -1.40. The van der Waals surface area contributed by atoms with E-state index in [2.05, 4.69) is 26.1 Å². The first-order chi connectivity index (χ1) is 11.5. The van der Waals surface area contributed by atoms with E-state index in [4.69, 9.17) is 0 Å². The van der Waals surface area contributed by atoms with Crippen molar-refractivity contribution in [2.75, 3.05) is 32.5 Å². The molecular weight excluding hydrogens is 370 g/mol. The van der Waals surface area contributed by atoms with Crippen LogP contribution in [0.4, 0.5) is 5.69 Å². The Morgan fingerprint density at radius 3 is 2.46 bits per heavy atom. The molecule has 1 aromatic carbocycles. The van der Waals surface area contributed by atoms with E-state index in [0.717, 1.165) is 17.3 Å². The van der Waals surface area contributed by atoms with Crippen LogP contribution >= 0.6 is 15.9 Å². The Morgan fingerprint density at radius 1 is 1.12 bits per heavy atom. The van der Waals surface area contributed by atoms with Crippen molar-refractivity contribution in [3.8, 4) is 0 Å². The van der Waals surface area contributed by atoms with Crippen LogP contribution in [0.3, 0.4) is 0 Å². The van der Waals surface area contributed by atoms with Crippen molar-refractivity contribution in [2.45, 2.75) is 38.1 Å². The molecule has 0 heterocycles. The van der Waals surface area contributed by atoms with Gasteiger partial charge in [-0.25, -0.2) is 0 Å². The minimum absolute atomic E-state index is 0.0228. The molecule has 5 nitrogen and oxygen atoms in total. The van der Waals surface area contributed by atoms with Crippen molar-refractivity contribution in [2.24, 2.45) is 0 Å². The van der Waals surface area contributed by atoms with E-state index in [1.54, 1.807) is 7.05 Å². The van der Waals surface area contributed by atoms with Crippen molar-refractivity contribution in [3.63, 3.8) is 0 Å². The minimum atomic E-state index is -0.196. The largest absolute Gasteiger partial charge is 0.335 e. The van der Waals surface area contributed by atoms with Gasteiger partial charge in [-0.1, -0.05) is 31.4 Å². The van der Waals surface area contributed by atoms with Crippen LogP contribution in [-0.4, -0.2) is 54.8 Å². The van der Waals surface area contributed by atoms with Crippen LogP contribution in [-0.2, 0) is 9.59 Å². The van der Waals surface area contributed by atoms with E-state index in [0.29, 0.717) is 18.3 Å². The number of rotatable bonds is 6. The number of para-hydroxylation sites is 1. The standard InChI is InChI=1S/C18H26BrN3O2/c1-21(14-8-4-3-5-9-14)13-18(24)22(2)12-17(23)20-16-11-7-6-10-15(16)19/h6-7,10-11,14H,3-5,8-9,12-13H2,1-2H3,(H,20,23). The molecule has 0 bridgehead atoms. The number of halogens is 1. The molecule has 24 heavy (non-hydrogen) atoms. The molecule has 1 fully saturated rings. The first-order valence-corrected chi connectivity index (χ1v) is 9.25. The van der Waals surface area contributed by atoms with Crippen LogP contribution < -0.4 is 5.32 Å². The summed E-state index contributed by atoms with van der Waals surface area (Å²) in [5, 5.41) is 2.82. The molecule has 0 aromatic heterocycles. The molecule has 1 N–H and O–H groups in total. The fourth-order valence-electron chi connectivity index (χ4n) is 3.04. The first kappa shape index (κ1) is 18.9. The van der Waals surface area contributed by atoms with Gasteiger partial charge < -0.3 is 10.2 Å². The van der Waals surface area contributed by atoms with Crippen molar-refractivity contribution in [1.29, 1.82) is 0 Å². The summed E-state index contributed by atoms with van der Waals surface area (Å²) in [4.78, 5) is 28.1. The molecule has 0 radical (unpaired) electrons. The van der Waals surface area contributed by atoms with Crippen LogP contribution in [0.25, 0.3) is 0 Å². The molecule has 1 aliphatic rings. The van der Waals surface area contributed by atoms with E-state index >= 15 is 0 Å². The number of hydrogen-bond acceptors (Lipinski definition) is 3. The zero-order chi connectivity index (χ0) is 17.5. The Kier molecular flexibility index (Phi) is 7.24. The molecule has 1 saturated carbocycles. The number of benzene rings is 1. The quantitative estimate of drug-likeness (QED) is 0.804. The molecule has 2 amide bonds. The molecule has 0 atom stereocenters. The van der Waals surface area contributed by atoms with Gasteiger partial charge in [0.2, 0.25) is 11.8 Å². The van der Waals surface area contributed by atoms with Gasteiger partial charge in [-0.15, -0.1) is 0 Å². The van der Waals surface area contributed by atoms with Crippen LogP contribution in [0.1, 0.15) is 32.1 Å². The highest BCUT2D eigenvalue weighted by molar-refractivity contribution is 9.10. The smallest absolute Gasteiger partial charge is 0.244 e. The van der Waals surface area contributed by atoms with Gasteiger partial charge in [-0.2, -0.15) is 0 Å². The summed E-state index contributed by atoms with van der Waals surface area (Å²) < 4.78 is 0.823. The number of likely N-dealkylation sites (N-methyl/N-ethyl adjacent to an activating group) is 2. The van der Waals surface area contributed by atoms with Crippen LogP contribution in [0.2, 0.25) is 0 Å². The molecule has 2 rings (SSSR count). The van der Waals surface area contributed by atoms with Crippen LogP contribution in [0.15, 0.2) is 28.7 Å². The number of amides is 2. The van der Waals surface area contributed by atoms with Gasteiger partial charge in [-0.3, -0.25) is 14.5 Å². The zero-order valence-corrected chi connectivity index (χ0v) is 16.0. The number of carbonyl (C=O) groups excluding carboxylic acids is 2. The molecule has 1 aliphatic carbocycles. The summed E-state index contributed by atoms with van der Waals surface area (Å²) in [6, 6.07) is 7.92. The van der Waals surface area contributed by atoms with Crippen molar-refractivity contribution in [3.05, 3.63) is 28.7 Å². The lowest BCUT2D eigenvalue weighted by Gasteiger charge is -2.31. The second-order valence-electron chi connectivity index (χ2n) is 6.48. The first-order valence-electron chi connectivity index (χ1n) is 8.46. The summed E-state index contributed by atoms with van der Waals surface area (Å²) in [6.45, 7) is 0.419. The molecule has 132 valence electrons. The highest BCUT2D eigenvalue weighted by atomic mass is 79.9. The van der Waals surface area contributed by atoms with Gasteiger partial charge in [0.15, 0.2) is 0 Å². The lowest BCUT2D eigenvalue weighted by Crippen LogP contribution is -2.44. The number of nitrogens with one attached hydrogen (secondary N) is 1. The third-order valence-electron chi connectivity index (χ3n) is 4.54. The maximum absolute atomic E-state index is 12.3. The molecule has 6 heteroatoms.